The molecule has 110 valence electrons. The quantitative estimate of drug-likeness (QED) is 0.669. The van der Waals surface area contributed by atoms with Crippen molar-refractivity contribution in [3.05, 3.63) is 23.8 Å². The van der Waals surface area contributed by atoms with E-state index < -0.39 is 0 Å². The average molecular weight is 310 g/mol. The van der Waals surface area contributed by atoms with Gasteiger partial charge in [0.2, 0.25) is 0 Å². The van der Waals surface area contributed by atoms with E-state index in [1.54, 1.807) is 11.8 Å². The molecule has 0 unspecified atom stereocenters. The monoisotopic (exact) mass is 310 g/mol. The molecule has 0 radical (unpaired) electrons. The smallest absolute Gasteiger partial charge is 0.131 e. The van der Waals surface area contributed by atoms with Crippen molar-refractivity contribution in [2.75, 3.05) is 25.9 Å². The zero-order chi connectivity index (χ0) is 14.5. The van der Waals surface area contributed by atoms with E-state index in [0.717, 1.165) is 47.9 Å². The third-order valence-electron chi connectivity index (χ3n) is 3.49. The molecule has 0 atom stereocenters. The molecule has 3 nitrogen and oxygen atoms in total. The van der Waals surface area contributed by atoms with E-state index in [9.17, 15) is 0 Å². The van der Waals surface area contributed by atoms with Crippen LogP contribution in [-0.2, 0) is 0 Å². The predicted molar refractivity (Wildman–Crippen MR) is 89.9 cm³/mol. The van der Waals surface area contributed by atoms with E-state index >= 15 is 0 Å². The van der Waals surface area contributed by atoms with Gasteiger partial charge in [0.05, 0.1) is 5.56 Å². The Labute approximate surface area is 130 Å². The number of nitrogens with two attached hydrogens (primary N) is 1. The van der Waals surface area contributed by atoms with Crippen LogP contribution in [0, 0.1) is 0 Å². The van der Waals surface area contributed by atoms with E-state index in [4.69, 9.17) is 22.7 Å². The Hall–Kier alpha value is -0.780. The Morgan fingerprint density at radius 3 is 2.75 bits per heavy atom. The van der Waals surface area contributed by atoms with Crippen LogP contribution in [0.15, 0.2) is 23.1 Å². The molecule has 1 aliphatic heterocycles. The molecule has 2 rings (SSSR count). The summed E-state index contributed by atoms with van der Waals surface area (Å²) in [5.74, 6) is 1.83. The van der Waals surface area contributed by atoms with Crippen LogP contribution in [0.4, 0.5) is 0 Å². The van der Waals surface area contributed by atoms with Gasteiger partial charge in [-0.05, 0) is 37.8 Å². The molecular weight excluding hydrogens is 288 g/mol. The number of thiocarbonyl (C=S) groups is 1. The molecule has 0 aliphatic carbocycles. The van der Waals surface area contributed by atoms with Crippen molar-refractivity contribution in [3.63, 3.8) is 0 Å². The first kappa shape index (κ1) is 15.6. The van der Waals surface area contributed by atoms with Gasteiger partial charge in [0.15, 0.2) is 0 Å². The lowest BCUT2D eigenvalue weighted by atomic mass is 10.1. The highest BCUT2D eigenvalue weighted by molar-refractivity contribution is 7.99. The molecule has 1 aromatic rings. The second-order valence-electron chi connectivity index (χ2n) is 5.05. The predicted octanol–water partition coefficient (Wildman–Crippen LogP) is 2.91. The molecule has 20 heavy (non-hydrogen) atoms. The van der Waals surface area contributed by atoms with Gasteiger partial charge in [-0.1, -0.05) is 25.2 Å². The summed E-state index contributed by atoms with van der Waals surface area (Å²) in [5.41, 5.74) is 6.80. The Morgan fingerprint density at radius 1 is 1.45 bits per heavy atom. The second-order valence-corrected chi connectivity index (χ2v) is 6.79. The first-order chi connectivity index (χ1) is 9.61. The lowest BCUT2D eigenvalue weighted by molar-refractivity contribution is 0.114. The first-order valence-corrected chi connectivity index (χ1v) is 8.42. The van der Waals surface area contributed by atoms with Gasteiger partial charge in [0.1, 0.15) is 16.8 Å². The number of thioether (sulfide) groups is 1. The van der Waals surface area contributed by atoms with E-state index in [0.29, 0.717) is 4.99 Å². The lowest BCUT2D eigenvalue weighted by Crippen LogP contribution is -2.36. The standard InChI is InChI=1S/C15H22N2OS2/c1-3-20-13-6-4-5-12(14(13)15(16)19)18-11-7-9-17(2)10-8-11/h4-6,11H,3,7-10H2,1-2H3,(H2,16,19). The van der Waals surface area contributed by atoms with Gasteiger partial charge < -0.3 is 15.4 Å². The maximum Gasteiger partial charge on any atom is 0.131 e. The number of ether oxygens (including phenoxy) is 1. The van der Waals surface area contributed by atoms with Crippen LogP contribution in [0.25, 0.3) is 0 Å². The van der Waals surface area contributed by atoms with Gasteiger partial charge in [-0.25, -0.2) is 0 Å². The number of likely N-dealkylation sites (tertiary alicyclic amines) is 1. The Kier molecular flexibility index (Phi) is 5.69. The number of nitrogens with zero attached hydrogens (tertiary/aromatic N) is 1. The summed E-state index contributed by atoms with van der Waals surface area (Å²) in [6.45, 7) is 4.28. The molecule has 0 aromatic heterocycles. The largest absolute Gasteiger partial charge is 0.490 e. The molecule has 1 aliphatic rings. The van der Waals surface area contributed by atoms with Crippen molar-refractivity contribution in [1.29, 1.82) is 0 Å². The number of hydrogen-bond acceptors (Lipinski definition) is 4. The van der Waals surface area contributed by atoms with Crippen molar-refractivity contribution < 1.29 is 4.74 Å². The SMILES string of the molecule is CCSc1cccc(OC2CCN(C)CC2)c1C(N)=S. The van der Waals surface area contributed by atoms with Gasteiger partial charge in [-0.2, -0.15) is 0 Å². The van der Waals surface area contributed by atoms with E-state index in [-0.39, 0.29) is 6.10 Å². The lowest BCUT2D eigenvalue weighted by Gasteiger charge is -2.30. The number of hydrogen-bond donors (Lipinski definition) is 1. The number of benzene rings is 1. The van der Waals surface area contributed by atoms with E-state index in [2.05, 4.69) is 24.9 Å². The fourth-order valence-electron chi connectivity index (χ4n) is 2.41. The van der Waals surface area contributed by atoms with Crippen molar-refractivity contribution in [2.45, 2.75) is 30.8 Å². The first-order valence-electron chi connectivity index (χ1n) is 7.02. The molecule has 1 saturated heterocycles. The average Bonchev–Trinajstić information content (AvgIpc) is 2.41. The number of piperidine rings is 1. The van der Waals surface area contributed by atoms with Crippen molar-refractivity contribution >= 4 is 29.0 Å². The molecule has 0 bridgehead atoms. The summed E-state index contributed by atoms with van der Waals surface area (Å²) in [7, 11) is 2.15. The minimum absolute atomic E-state index is 0.265. The summed E-state index contributed by atoms with van der Waals surface area (Å²) in [5, 5.41) is 0. The summed E-state index contributed by atoms with van der Waals surface area (Å²) < 4.78 is 6.18. The Morgan fingerprint density at radius 2 is 2.15 bits per heavy atom. The normalized spacial score (nSPS) is 17.1. The van der Waals surface area contributed by atoms with Crippen LogP contribution >= 0.6 is 24.0 Å². The van der Waals surface area contributed by atoms with E-state index in [1.807, 2.05) is 12.1 Å². The molecule has 1 heterocycles. The maximum atomic E-state index is 6.18. The zero-order valence-electron chi connectivity index (χ0n) is 12.1. The third kappa shape index (κ3) is 3.87. The van der Waals surface area contributed by atoms with E-state index in [1.165, 1.54) is 0 Å². The summed E-state index contributed by atoms with van der Waals surface area (Å²) in [6, 6.07) is 6.06. The van der Waals surface area contributed by atoms with Gasteiger partial charge >= 0.3 is 0 Å². The topological polar surface area (TPSA) is 38.5 Å². The van der Waals surface area contributed by atoms with Gasteiger partial charge in [-0.15, -0.1) is 11.8 Å². The summed E-state index contributed by atoms with van der Waals surface area (Å²) in [4.78, 5) is 3.87. The maximum absolute atomic E-state index is 6.18. The van der Waals surface area contributed by atoms with Crippen LogP contribution < -0.4 is 10.5 Å². The minimum atomic E-state index is 0.265. The third-order valence-corrected chi connectivity index (χ3v) is 4.64. The van der Waals surface area contributed by atoms with Gasteiger partial charge in [0.25, 0.3) is 0 Å². The molecule has 1 fully saturated rings. The molecular formula is C15H22N2OS2. The minimum Gasteiger partial charge on any atom is -0.490 e. The van der Waals surface area contributed by atoms with Crippen LogP contribution in [0.2, 0.25) is 0 Å². The van der Waals surface area contributed by atoms with Crippen molar-refractivity contribution in [3.8, 4) is 5.75 Å². The van der Waals surface area contributed by atoms with Gasteiger partial charge in [0, 0.05) is 18.0 Å². The molecule has 5 heteroatoms. The summed E-state index contributed by atoms with van der Waals surface area (Å²) >= 11 is 6.96. The molecule has 2 N–H and O–H groups in total. The van der Waals surface area contributed by atoms with Crippen LogP contribution in [0.3, 0.4) is 0 Å². The molecule has 0 amide bonds. The second kappa shape index (κ2) is 7.29. The van der Waals surface area contributed by atoms with Crippen LogP contribution in [0.5, 0.6) is 5.75 Å². The molecule has 1 aromatic carbocycles. The summed E-state index contributed by atoms with van der Waals surface area (Å²) in [6.07, 6.45) is 2.37. The fourth-order valence-corrected chi connectivity index (χ4v) is 3.53. The molecule has 0 spiro atoms. The van der Waals surface area contributed by atoms with Crippen LogP contribution in [-0.4, -0.2) is 41.9 Å². The Bertz CT molecular complexity index is 471. The van der Waals surface area contributed by atoms with Crippen LogP contribution in [0.1, 0.15) is 25.3 Å². The fraction of sp³-hybridized carbons (Fsp3) is 0.533. The Balaban J connectivity index is 2.18. The molecule has 0 saturated carbocycles. The van der Waals surface area contributed by atoms with Crippen molar-refractivity contribution in [1.82, 2.24) is 4.90 Å². The van der Waals surface area contributed by atoms with Crippen molar-refractivity contribution in [2.24, 2.45) is 5.73 Å². The number of rotatable bonds is 5. The zero-order valence-corrected chi connectivity index (χ0v) is 13.7. The highest BCUT2D eigenvalue weighted by Gasteiger charge is 2.20. The van der Waals surface area contributed by atoms with Gasteiger partial charge in [-0.3, -0.25) is 0 Å². The highest BCUT2D eigenvalue weighted by Crippen LogP contribution is 2.31. The highest BCUT2D eigenvalue weighted by atomic mass is 32.2.